The number of hydrogen-bond donors (Lipinski definition) is 2. The van der Waals surface area contributed by atoms with Gasteiger partial charge < -0.3 is 24.5 Å². The van der Waals surface area contributed by atoms with E-state index in [1.807, 2.05) is 33.9 Å². The van der Waals surface area contributed by atoms with Crippen LogP contribution in [0.3, 0.4) is 0 Å². The van der Waals surface area contributed by atoms with Gasteiger partial charge in [-0.2, -0.15) is 0 Å². The van der Waals surface area contributed by atoms with Gasteiger partial charge >= 0.3 is 12.1 Å². The molecule has 0 aliphatic heterocycles. The lowest BCUT2D eigenvalue weighted by Gasteiger charge is -2.36. The summed E-state index contributed by atoms with van der Waals surface area (Å²) in [7, 11) is -1.06. The van der Waals surface area contributed by atoms with Crippen molar-refractivity contribution in [1.29, 1.82) is 0 Å². The normalized spacial score (nSPS) is 13.8. The monoisotopic (exact) mass is 455 g/mol. The fraction of sp³-hybridized carbons (Fsp3) is 0.682. The van der Waals surface area contributed by atoms with Crippen molar-refractivity contribution in [3.63, 3.8) is 0 Å². The third-order valence-corrected chi connectivity index (χ3v) is 4.64. The topological polar surface area (TPSA) is 105 Å². The Bertz CT molecular complexity index is 664. The average Bonchev–Trinajstić information content (AvgIpc) is 2.54. The number of carboxylic acid groups (broad SMARTS) is 1. The summed E-state index contributed by atoms with van der Waals surface area (Å²) in [6.07, 6.45) is 0.494. The van der Waals surface area contributed by atoms with Crippen molar-refractivity contribution in [2.45, 2.75) is 78.8 Å². The van der Waals surface area contributed by atoms with E-state index in [0.29, 0.717) is 5.57 Å². The van der Waals surface area contributed by atoms with Crippen LogP contribution >= 0.6 is 0 Å². The largest absolute Gasteiger partial charge is 0.480 e. The Hall–Kier alpha value is -2.13. The number of carboxylic acids is 1. The maximum atomic E-state index is 13.2. The predicted octanol–water partition coefficient (Wildman–Crippen LogP) is 3.61. The zero-order valence-corrected chi connectivity index (χ0v) is 21.2. The number of hydrogen-bond acceptors (Lipinski definition) is 5. The van der Waals surface area contributed by atoms with E-state index < -0.39 is 45.2 Å². The number of carbonyl (C=O) groups is 3. The van der Waals surface area contributed by atoms with Gasteiger partial charge in [0.1, 0.15) is 18.2 Å². The van der Waals surface area contributed by atoms with E-state index in [4.69, 9.17) is 9.16 Å². The molecular weight excluding hydrogens is 416 g/mol. The molecule has 0 heterocycles. The maximum Gasteiger partial charge on any atom is 0.408 e. The molecule has 8 nitrogen and oxygen atoms in total. The Morgan fingerprint density at radius 1 is 1.13 bits per heavy atom. The van der Waals surface area contributed by atoms with Gasteiger partial charge in [0.25, 0.3) is 0 Å². The molecule has 177 valence electrons. The minimum absolute atomic E-state index is 0.00808. The number of aliphatic carboxylic acids is 1. The highest BCUT2D eigenvalue weighted by Crippen LogP contribution is 2.28. The van der Waals surface area contributed by atoms with E-state index in [1.165, 1.54) is 6.08 Å². The van der Waals surface area contributed by atoms with Crippen LogP contribution in [0.2, 0.25) is 13.1 Å². The molecule has 0 rings (SSSR count). The van der Waals surface area contributed by atoms with Crippen molar-refractivity contribution in [2.24, 2.45) is 5.41 Å². The number of nitrogens with zero attached hydrogens (tertiary/aromatic N) is 1. The zero-order chi connectivity index (χ0) is 24.6. The lowest BCUT2D eigenvalue weighted by atomic mass is 9.85. The zero-order valence-electron chi connectivity index (χ0n) is 20.2. The minimum atomic E-state index is -1.17. The van der Waals surface area contributed by atoms with Crippen molar-refractivity contribution in [1.82, 2.24) is 10.2 Å². The molecule has 0 aliphatic rings. The molecule has 0 spiro atoms. The van der Waals surface area contributed by atoms with E-state index in [1.54, 1.807) is 20.8 Å². The fourth-order valence-corrected chi connectivity index (χ4v) is 3.86. The number of rotatable bonds is 11. The van der Waals surface area contributed by atoms with Crippen LogP contribution in [0.25, 0.3) is 0 Å². The molecule has 9 heteroatoms. The third-order valence-electron chi connectivity index (χ3n) is 3.93. The van der Waals surface area contributed by atoms with Gasteiger partial charge in [-0.25, -0.2) is 4.79 Å². The van der Waals surface area contributed by atoms with Crippen molar-refractivity contribution < 1.29 is 28.7 Å². The third kappa shape index (κ3) is 11.7. The van der Waals surface area contributed by atoms with E-state index in [2.05, 4.69) is 18.5 Å². The van der Waals surface area contributed by atoms with E-state index >= 15 is 0 Å². The summed E-state index contributed by atoms with van der Waals surface area (Å²) in [6, 6.07) is -1.01. The molecule has 0 aliphatic carbocycles. The summed E-state index contributed by atoms with van der Waals surface area (Å²) < 4.78 is 11.3. The lowest BCUT2D eigenvalue weighted by Crippen LogP contribution is -2.52. The highest BCUT2D eigenvalue weighted by atomic mass is 28.3. The van der Waals surface area contributed by atoms with Gasteiger partial charge in [-0.15, -0.1) is 6.58 Å². The summed E-state index contributed by atoms with van der Waals surface area (Å²) in [5.41, 5.74) is -0.424. The first-order valence-electron chi connectivity index (χ1n) is 10.2. The van der Waals surface area contributed by atoms with Crippen LogP contribution in [-0.4, -0.2) is 67.9 Å². The summed E-state index contributed by atoms with van der Waals surface area (Å²) in [5.74, 6) is -1.72. The molecule has 0 saturated heterocycles. The van der Waals surface area contributed by atoms with Crippen LogP contribution < -0.4 is 5.32 Å². The Kier molecular flexibility index (Phi) is 11.2. The van der Waals surface area contributed by atoms with Gasteiger partial charge in [-0.05, 0) is 51.3 Å². The second kappa shape index (κ2) is 12.0. The molecule has 31 heavy (non-hydrogen) atoms. The van der Waals surface area contributed by atoms with Crippen LogP contribution in [0.1, 0.15) is 48.0 Å². The number of alkyl carbamates (subject to hydrolysis) is 1. The van der Waals surface area contributed by atoms with E-state index in [-0.39, 0.29) is 24.5 Å². The van der Waals surface area contributed by atoms with Crippen molar-refractivity contribution in [3.8, 4) is 0 Å². The summed E-state index contributed by atoms with van der Waals surface area (Å²) in [6.45, 7) is 22.3. The minimum Gasteiger partial charge on any atom is -0.480 e. The first kappa shape index (κ1) is 28.9. The summed E-state index contributed by atoms with van der Waals surface area (Å²) in [4.78, 5) is 38.0. The van der Waals surface area contributed by atoms with Gasteiger partial charge in [0.05, 0.1) is 6.10 Å². The molecule has 0 fully saturated rings. The highest BCUT2D eigenvalue weighted by Gasteiger charge is 2.33. The molecule has 0 bridgehead atoms. The Labute approximate surface area is 188 Å². The average molecular weight is 456 g/mol. The van der Waals surface area contributed by atoms with Gasteiger partial charge in [0, 0.05) is 6.54 Å². The number of carbonyl (C=O) groups excluding carboxylic acids is 2. The number of nitrogens with one attached hydrogen (secondary N) is 1. The van der Waals surface area contributed by atoms with E-state index in [0.717, 1.165) is 4.90 Å². The second-order valence-electron chi connectivity index (χ2n) is 9.74. The van der Waals surface area contributed by atoms with Gasteiger partial charge in [0.15, 0.2) is 0 Å². The van der Waals surface area contributed by atoms with Crippen LogP contribution in [0.4, 0.5) is 4.79 Å². The van der Waals surface area contributed by atoms with Gasteiger partial charge in [-0.3, -0.25) is 9.59 Å². The lowest BCUT2D eigenvalue weighted by molar-refractivity contribution is -0.145. The molecule has 0 aromatic rings. The Balaban J connectivity index is 5.68. The molecule has 0 saturated carbocycles. The SMILES string of the molecule is C=CCC(NC(=O)OC(C)(C)C)C(=O)N(CC(=C)C(O[Si](C)C)C(C)(C)C)CC(=O)O. The van der Waals surface area contributed by atoms with Gasteiger partial charge in [-0.1, -0.05) is 33.4 Å². The van der Waals surface area contributed by atoms with Crippen LogP contribution in [-0.2, 0) is 18.8 Å². The molecule has 0 aromatic carbocycles. The number of ether oxygens (including phenoxy) is 1. The molecule has 2 amide bonds. The van der Waals surface area contributed by atoms with Gasteiger partial charge in [0.2, 0.25) is 14.9 Å². The molecular formula is C22H39N2O6Si. The van der Waals surface area contributed by atoms with Crippen LogP contribution in [0, 0.1) is 5.41 Å². The molecule has 2 N–H and O–H groups in total. The molecule has 0 aromatic heterocycles. The van der Waals surface area contributed by atoms with Crippen LogP contribution in [0.5, 0.6) is 0 Å². The first-order chi connectivity index (χ1) is 14.0. The van der Waals surface area contributed by atoms with Crippen LogP contribution in [0.15, 0.2) is 24.8 Å². The highest BCUT2D eigenvalue weighted by molar-refractivity contribution is 6.48. The smallest absolute Gasteiger partial charge is 0.408 e. The molecule has 2 atom stereocenters. The van der Waals surface area contributed by atoms with E-state index in [9.17, 15) is 19.5 Å². The summed E-state index contributed by atoms with van der Waals surface area (Å²) >= 11 is 0. The number of amides is 2. The standard InChI is InChI=1S/C22H39N2O6Si/c1-11-12-16(23-20(28)29-22(6,7)8)19(27)24(14-17(25)26)13-15(2)18(21(3,4)5)30-31(9)10/h11,16,18H,1-2,12-14H2,3-10H3,(H,23,28)(H,25,26). The van der Waals surface area contributed by atoms with Crippen molar-refractivity contribution in [3.05, 3.63) is 24.8 Å². The summed E-state index contributed by atoms with van der Waals surface area (Å²) in [5, 5.41) is 11.9. The second-order valence-corrected chi connectivity index (χ2v) is 11.8. The molecule has 1 radical (unpaired) electrons. The fourth-order valence-electron chi connectivity index (χ4n) is 2.87. The van der Waals surface area contributed by atoms with Crippen molar-refractivity contribution >= 4 is 27.0 Å². The maximum absolute atomic E-state index is 13.2. The van der Waals surface area contributed by atoms with Crippen molar-refractivity contribution in [2.75, 3.05) is 13.1 Å². The predicted molar refractivity (Wildman–Crippen MR) is 123 cm³/mol. The quantitative estimate of drug-likeness (QED) is 0.364. The Morgan fingerprint density at radius 2 is 1.68 bits per heavy atom. The molecule has 2 unspecified atom stereocenters. The first-order valence-corrected chi connectivity index (χ1v) is 12.6. The Morgan fingerprint density at radius 3 is 2.06 bits per heavy atom.